The minimum absolute atomic E-state index is 0.372. The Kier molecular flexibility index (Phi) is 5.56. The van der Waals surface area contributed by atoms with Gasteiger partial charge in [0.05, 0.1) is 18.2 Å². The maximum absolute atomic E-state index is 13.5. The highest BCUT2D eigenvalue weighted by molar-refractivity contribution is 5.49. The van der Waals surface area contributed by atoms with Crippen LogP contribution in [0.5, 0.6) is 0 Å². The van der Waals surface area contributed by atoms with Gasteiger partial charge in [-0.25, -0.2) is 9.37 Å². The van der Waals surface area contributed by atoms with Gasteiger partial charge in [-0.3, -0.25) is 0 Å². The monoisotopic (exact) mass is 295 g/mol. The summed E-state index contributed by atoms with van der Waals surface area (Å²) in [5.41, 5.74) is 3.47. The van der Waals surface area contributed by atoms with Crippen molar-refractivity contribution < 1.29 is 4.39 Å². The van der Waals surface area contributed by atoms with Crippen LogP contribution in [0.25, 0.3) is 0 Å². The van der Waals surface area contributed by atoms with E-state index in [-0.39, 0.29) is 5.82 Å². The molecule has 0 radical (unpaired) electrons. The van der Waals surface area contributed by atoms with Crippen molar-refractivity contribution in [3.63, 3.8) is 0 Å². The second-order valence-electron chi connectivity index (χ2n) is 4.64. The molecule has 1 heterocycles. The summed E-state index contributed by atoms with van der Waals surface area (Å²) >= 11 is 0. The van der Waals surface area contributed by atoms with Gasteiger partial charge in [0.2, 0.25) is 0 Å². The first-order valence-electron chi connectivity index (χ1n) is 7.07. The Morgan fingerprint density at radius 2 is 1.95 bits per heavy atom. The van der Waals surface area contributed by atoms with Crippen LogP contribution in [0.1, 0.15) is 23.7 Å². The van der Waals surface area contributed by atoms with Gasteiger partial charge >= 0.3 is 0 Å². The minimum atomic E-state index is -0.372. The summed E-state index contributed by atoms with van der Waals surface area (Å²) in [7, 11) is 1.87. The Balaban J connectivity index is 2.38. The molecule has 0 aliphatic heterocycles. The molecule has 2 rings (SSSR count). The molecule has 22 heavy (non-hydrogen) atoms. The SMILES string of the molecule is CCc1cc(F)cnc[nH]c(C#Cc2ccc(NC)cc2)c1. The normalized spacial score (nSPS) is 9.41. The molecule has 3 nitrogen and oxygen atoms in total. The average molecular weight is 295 g/mol. The first kappa shape index (κ1) is 15.6. The zero-order valence-electron chi connectivity index (χ0n) is 12.7. The van der Waals surface area contributed by atoms with Gasteiger partial charge in [0, 0.05) is 18.3 Å². The van der Waals surface area contributed by atoms with Crippen molar-refractivity contribution in [2.75, 3.05) is 12.4 Å². The van der Waals surface area contributed by atoms with Gasteiger partial charge in [-0.1, -0.05) is 12.8 Å². The van der Waals surface area contributed by atoms with E-state index in [1.165, 1.54) is 18.6 Å². The van der Waals surface area contributed by atoms with Crippen molar-refractivity contribution in [1.82, 2.24) is 9.97 Å². The first-order valence-corrected chi connectivity index (χ1v) is 7.07. The molecule has 0 spiro atoms. The number of nitrogens with one attached hydrogen (secondary N) is 2. The Bertz CT molecular complexity index is 735. The number of hydrogen-bond donors (Lipinski definition) is 2. The van der Waals surface area contributed by atoms with E-state index in [1.807, 2.05) is 44.3 Å². The topological polar surface area (TPSA) is 40.7 Å². The van der Waals surface area contributed by atoms with Crippen molar-refractivity contribution in [2.45, 2.75) is 13.3 Å². The summed E-state index contributed by atoms with van der Waals surface area (Å²) in [6.45, 7) is 1.97. The number of aromatic amines is 1. The average Bonchev–Trinajstić information content (AvgIpc) is 2.63. The Hall–Kier alpha value is -2.80. The minimum Gasteiger partial charge on any atom is -0.388 e. The lowest BCUT2D eigenvalue weighted by molar-refractivity contribution is 0.622. The third-order valence-electron chi connectivity index (χ3n) is 3.07. The maximum atomic E-state index is 13.5. The molecule has 112 valence electrons. The Morgan fingerprint density at radius 1 is 1.18 bits per heavy atom. The van der Waals surface area contributed by atoms with E-state index in [1.54, 1.807) is 0 Å². The molecule has 0 fully saturated rings. The van der Waals surface area contributed by atoms with E-state index >= 15 is 0 Å². The number of nitrogens with zero attached hydrogens (tertiary/aromatic N) is 1. The lowest BCUT2D eigenvalue weighted by Gasteiger charge is -1.97. The van der Waals surface area contributed by atoms with Crippen LogP contribution in [-0.4, -0.2) is 17.0 Å². The van der Waals surface area contributed by atoms with Crippen molar-refractivity contribution >= 4 is 5.69 Å². The van der Waals surface area contributed by atoms with Gasteiger partial charge in [0.25, 0.3) is 0 Å². The van der Waals surface area contributed by atoms with Crippen LogP contribution < -0.4 is 5.32 Å². The lowest BCUT2D eigenvalue weighted by Crippen LogP contribution is -1.87. The molecule has 0 atom stereocenters. The number of aromatic nitrogens is 2. The maximum Gasteiger partial charge on any atom is 0.141 e. The smallest absolute Gasteiger partial charge is 0.141 e. The molecule has 0 amide bonds. The quantitative estimate of drug-likeness (QED) is 0.830. The third kappa shape index (κ3) is 4.64. The summed E-state index contributed by atoms with van der Waals surface area (Å²) in [6.07, 6.45) is 3.31. The molecule has 0 unspecified atom stereocenters. The third-order valence-corrected chi connectivity index (χ3v) is 3.07. The van der Waals surface area contributed by atoms with Gasteiger partial charge in [-0.15, -0.1) is 0 Å². The second kappa shape index (κ2) is 7.84. The highest BCUT2D eigenvalue weighted by Gasteiger charge is 1.93. The fourth-order valence-corrected chi connectivity index (χ4v) is 1.83. The van der Waals surface area contributed by atoms with E-state index in [4.69, 9.17) is 0 Å². The number of hydrogen-bond acceptors (Lipinski definition) is 2. The van der Waals surface area contributed by atoms with E-state index in [9.17, 15) is 4.39 Å². The number of anilines is 1. The van der Waals surface area contributed by atoms with E-state index in [0.717, 1.165) is 16.8 Å². The van der Waals surface area contributed by atoms with E-state index < -0.39 is 0 Å². The van der Waals surface area contributed by atoms with Crippen LogP contribution in [0, 0.1) is 17.7 Å². The van der Waals surface area contributed by atoms with Gasteiger partial charge in [0.15, 0.2) is 0 Å². The lowest BCUT2D eigenvalue weighted by atomic mass is 10.2. The molecule has 0 saturated heterocycles. The van der Waals surface area contributed by atoms with Crippen LogP contribution in [0.2, 0.25) is 0 Å². The van der Waals surface area contributed by atoms with Crippen molar-refractivity contribution in [2.24, 2.45) is 0 Å². The molecule has 1 aromatic carbocycles. The largest absolute Gasteiger partial charge is 0.388 e. The highest BCUT2D eigenvalue weighted by atomic mass is 19.1. The molecule has 0 saturated carbocycles. The zero-order chi connectivity index (χ0) is 15.8. The number of benzene rings is 1. The van der Waals surface area contributed by atoms with Crippen LogP contribution in [0.15, 0.2) is 48.9 Å². The fourth-order valence-electron chi connectivity index (χ4n) is 1.83. The van der Waals surface area contributed by atoms with Gasteiger partial charge in [-0.05, 0) is 54.3 Å². The van der Waals surface area contributed by atoms with Crippen LogP contribution in [0.4, 0.5) is 10.1 Å². The Morgan fingerprint density at radius 3 is 2.64 bits per heavy atom. The van der Waals surface area contributed by atoms with E-state index in [2.05, 4.69) is 27.1 Å². The van der Waals surface area contributed by atoms with Crippen LogP contribution >= 0.6 is 0 Å². The number of aryl methyl sites for hydroxylation is 1. The van der Waals surface area contributed by atoms with Gasteiger partial charge in [-0.2, -0.15) is 0 Å². The molecule has 0 aliphatic rings. The van der Waals surface area contributed by atoms with Crippen LogP contribution in [-0.2, 0) is 6.42 Å². The second-order valence-corrected chi connectivity index (χ2v) is 4.64. The predicted octanol–water partition coefficient (Wildman–Crippen LogP) is 3.68. The van der Waals surface area contributed by atoms with Gasteiger partial charge < -0.3 is 10.3 Å². The molecule has 2 N–H and O–H groups in total. The number of H-pyrrole nitrogens is 1. The molecular formula is C18H18FN3. The standard InChI is InChI=1S/C18H18FN3/c1-3-14-10-16(19)12-21-13-22-18(11-14)9-6-15-4-7-17(20-2)8-5-15/h4-5,7-8,10-13,20H,3H2,1-2H3,(H,21,22). The highest BCUT2D eigenvalue weighted by Crippen LogP contribution is 2.07. The van der Waals surface area contributed by atoms with E-state index in [0.29, 0.717) is 12.1 Å². The van der Waals surface area contributed by atoms with Crippen molar-refractivity contribution in [3.8, 4) is 11.8 Å². The Labute approximate surface area is 129 Å². The number of halogens is 1. The summed E-state index contributed by atoms with van der Waals surface area (Å²) in [6, 6.07) is 11.1. The van der Waals surface area contributed by atoms with Crippen molar-refractivity contribution in [1.29, 1.82) is 0 Å². The zero-order valence-corrected chi connectivity index (χ0v) is 12.7. The summed E-state index contributed by atoms with van der Waals surface area (Å²) < 4.78 is 13.5. The fraction of sp³-hybridized carbons (Fsp3) is 0.167. The molecular weight excluding hydrogens is 277 g/mol. The predicted molar refractivity (Wildman–Crippen MR) is 87.5 cm³/mol. The van der Waals surface area contributed by atoms with Crippen molar-refractivity contribution in [3.05, 3.63) is 71.6 Å². The molecule has 1 aromatic heterocycles. The molecule has 4 heteroatoms. The molecule has 0 bridgehead atoms. The molecule has 0 aliphatic carbocycles. The molecule has 2 aromatic rings. The first-order chi connectivity index (χ1) is 10.7. The number of rotatable bonds is 2. The van der Waals surface area contributed by atoms with Gasteiger partial charge in [0.1, 0.15) is 5.82 Å². The summed E-state index contributed by atoms with van der Waals surface area (Å²) in [4.78, 5) is 6.80. The summed E-state index contributed by atoms with van der Waals surface area (Å²) in [5.74, 6) is 5.76. The summed E-state index contributed by atoms with van der Waals surface area (Å²) in [5, 5.41) is 3.06. The van der Waals surface area contributed by atoms with Crippen LogP contribution in [0.3, 0.4) is 0 Å².